The molecular weight excluding hydrogens is 298 g/mol. The monoisotopic (exact) mass is 313 g/mol. The van der Waals surface area contributed by atoms with Gasteiger partial charge in [0, 0.05) is 4.88 Å². The highest BCUT2D eigenvalue weighted by atomic mass is 32.1. The van der Waals surface area contributed by atoms with Gasteiger partial charge in [0.25, 0.3) is 0 Å². The normalized spacial score (nSPS) is 22.7. The molecular formula is C13H15NO6S. The number of hydrogen-bond donors (Lipinski definition) is 3. The zero-order valence-electron chi connectivity index (χ0n) is 11.0. The van der Waals surface area contributed by atoms with Crippen LogP contribution in [0.25, 0.3) is 0 Å². The number of carbonyl (C=O) groups is 3. The van der Waals surface area contributed by atoms with E-state index in [1.54, 1.807) is 17.5 Å². The third kappa shape index (κ3) is 4.02. The molecule has 0 radical (unpaired) electrons. The molecule has 1 aliphatic heterocycles. The minimum absolute atomic E-state index is 0.235. The Labute approximate surface area is 124 Å². The zero-order chi connectivity index (χ0) is 15.4. The molecule has 3 atom stereocenters. The average molecular weight is 313 g/mol. The van der Waals surface area contributed by atoms with Gasteiger partial charge < -0.3 is 20.3 Å². The van der Waals surface area contributed by atoms with Crippen LogP contribution < -0.4 is 5.32 Å². The molecule has 0 spiro atoms. The van der Waals surface area contributed by atoms with Gasteiger partial charge in [-0.25, -0.2) is 4.79 Å². The van der Waals surface area contributed by atoms with Crippen molar-refractivity contribution in [1.29, 1.82) is 0 Å². The number of hydrogen-bond acceptors (Lipinski definition) is 5. The van der Waals surface area contributed by atoms with E-state index in [2.05, 4.69) is 5.32 Å². The van der Waals surface area contributed by atoms with Crippen LogP contribution in [0.3, 0.4) is 0 Å². The van der Waals surface area contributed by atoms with E-state index in [-0.39, 0.29) is 12.8 Å². The number of aliphatic carboxylic acids is 2. The van der Waals surface area contributed by atoms with Gasteiger partial charge in [0.15, 0.2) is 6.10 Å². The van der Waals surface area contributed by atoms with E-state index in [0.717, 1.165) is 4.88 Å². The molecule has 1 amide bonds. The first-order valence-corrected chi connectivity index (χ1v) is 7.29. The fourth-order valence-corrected chi connectivity index (χ4v) is 2.94. The highest BCUT2D eigenvalue weighted by Gasteiger charge is 2.35. The van der Waals surface area contributed by atoms with Crippen molar-refractivity contribution in [3.8, 4) is 0 Å². The van der Waals surface area contributed by atoms with Crippen molar-refractivity contribution in [2.45, 2.75) is 37.5 Å². The highest BCUT2D eigenvalue weighted by Crippen LogP contribution is 2.25. The van der Waals surface area contributed by atoms with Gasteiger partial charge in [0.1, 0.15) is 6.10 Å². The summed E-state index contributed by atoms with van der Waals surface area (Å²) in [5, 5.41) is 22.2. The average Bonchev–Trinajstić information content (AvgIpc) is 3.09. The smallest absolute Gasteiger partial charge is 0.332 e. The third-order valence-electron chi connectivity index (χ3n) is 3.17. The van der Waals surface area contributed by atoms with Crippen molar-refractivity contribution in [2.24, 2.45) is 0 Å². The van der Waals surface area contributed by atoms with Crippen molar-refractivity contribution >= 4 is 29.2 Å². The van der Waals surface area contributed by atoms with Crippen LogP contribution in [0, 0.1) is 0 Å². The van der Waals surface area contributed by atoms with E-state index in [0.29, 0.717) is 6.42 Å². The lowest BCUT2D eigenvalue weighted by Gasteiger charge is -2.18. The highest BCUT2D eigenvalue weighted by molar-refractivity contribution is 7.10. The van der Waals surface area contributed by atoms with Crippen LogP contribution >= 0.6 is 11.3 Å². The molecule has 0 bridgehead atoms. The molecule has 0 aliphatic carbocycles. The maximum Gasteiger partial charge on any atom is 0.332 e. The Morgan fingerprint density at radius 1 is 1.33 bits per heavy atom. The lowest BCUT2D eigenvalue weighted by atomic mass is 10.1. The summed E-state index contributed by atoms with van der Waals surface area (Å²) in [7, 11) is 0. The number of amides is 1. The molecule has 114 valence electrons. The van der Waals surface area contributed by atoms with Crippen LogP contribution in [0.15, 0.2) is 17.5 Å². The molecule has 1 unspecified atom stereocenters. The van der Waals surface area contributed by atoms with Gasteiger partial charge in [0.2, 0.25) is 5.91 Å². The number of rotatable bonds is 6. The Balaban J connectivity index is 1.99. The lowest BCUT2D eigenvalue weighted by Crippen LogP contribution is -2.38. The summed E-state index contributed by atoms with van der Waals surface area (Å²) in [5.41, 5.74) is 0. The summed E-state index contributed by atoms with van der Waals surface area (Å²) in [4.78, 5) is 34.5. The fourth-order valence-electron chi connectivity index (χ4n) is 2.16. The second kappa shape index (κ2) is 6.68. The topological polar surface area (TPSA) is 113 Å². The first-order chi connectivity index (χ1) is 9.97. The molecule has 1 aromatic rings. The summed E-state index contributed by atoms with van der Waals surface area (Å²) in [5.74, 6) is -2.59. The molecule has 1 fully saturated rings. The second-order valence-electron chi connectivity index (χ2n) is 4.70. The first kappa shape index (κ1) is 15.5. The SMILES string of the molecule is O=C(O)CC(NC(=O)[C@@H]1CC[C@H](C(=O)O)O1)c1cccs1. The van der Waals surface area contributed by atoms with Gasteiger partial charge in [-0.2, -0.15) is 0 Å². The quantitative estimate of drug-likeness (QED) is 0.722. The van der Waals surface area contributed by atoms with Crippen molar-refractivity contribution in [3.63, 3.8) is 0 Å². The molecule has 2 heterocycles. The van der Waals surface area contributed by atoms with Gasteiger partial charge in [0.05, 0.1) is 12.5 Å². The number of carboxylic acid groups (broad SMARTS) is 2. The minimum atomic E-state index is -1.09. The van der Waals surface area contributed by atoms with Crippen LogP contribution in [0.2, 0.25) is 0 Å². The van der Waals surface area contributed by atoms with Crippen LogP contribution in [0.1, 0.15) is 30.2 Å². The number of thiophene rings is 1. The summed E-state index contributed by atoms with van der Waals surface area (Å²) in [6.45, 7) is 0. The predicted octanol–water partition coefficient (Wildman–Crippen LogP) is 1.01. The molecule has 3 N–H and O–H groups in total. The van der Waals surface area contributed by atoms with Gasteiger partial charge in [-0.15, -0.1) is 11.3 Å². The Hall–Kier alpha value is -1.93. The lowest BCUT2D eigenvalue weighted by molar-refractivity contribution is -0.151. The number of nitrogens with one attached hydrogen (secondary N) is 1. The largest absolute Gasteiger partial charge is 0.481 e. The van der Waals surface area contributed by atoms with Crippen molar-refractivity contribution in [1.82, 2.24) is 5.32 Å². The molecule has 8 heteroatoms. The van der Waals surface area contributed by atoms with Crippen molar-refractivity contribution < 1.29 is 29.3 Å². The Morgan fingerprint density at radius 3 is 2.57 bits per heavy atom. The van der Waals surface area contributed by atoms with Crippen LogP contribution in [0.5, 0.6) is 0 Å². The third-order valence-corrected chi connectivity index (χ3v) is 4.16. The number of carbonyl (C=O) groups excluding carboxylic acids is 1. The number of carboxylic acids is 2. The summed E-state index contributed by atoms with van der Waals surface area (Å²) in [6.07, 6.45) is -1.47. The van der Waals surface area contributed by atoms with E-state index >= 15 is 0 Å². The first-order valence-electron chi connectivity index (χ1n) is 6.41. The van der Waals surface area contributed by atoms with Crippen LogP contribution in [-0.4, -0.2) is 40.3 Å². The maximum absolute atomic E-state index is 12.1. The molecule has 21 heavy (non-hydrogen) atoms. The van der Waals surface area contributed by atoms with Crippen molar-refractivity contribution in [3.05, 3.63) is 22.4 Å². The van der Waals surface area contributed by atoms with Crippen molar-refractivity contribution in [2.75, 3.05) is 0 Å². The fraction of sp³-hybridized carbons (Fsp3) is 0.462. The van der Waals surface area contributed by atoms with E-state index < -0.39 is 36.1 Å². The molecule has 7 nitrogen and oxygen atoms in total. The molecule has 0 saturated carbocycles. The minimum Gasteiger partial charge on any atom is -0.481 e. The standard InChI is InChI=1S/C13H15NO6S/c15-11(16)6-7(10-2-1-5-21-10)14-12(17)8-3-4-9(20-8)13(18)19/h1-2,5,7-9H,3-4,6H2,(H,14,17)(H,15,16)(H,18,19)/t7?,8-,9+/m0/s1. The van der Waals surface area contributed by atoms with E-state index in [4.69, 9.17) is 14.9 Å². The van der Waals surface area contributed by atoms with Crippen LogP contribution in [-0.2, 0) is 19.1 Å². The summed E-state index contributed by atoms with van der Waals surface area (Å²) >= 11 is 1.35. The molecule has 1 saturated heterocycles. The van der Waals surface area contributed by atoms with Crippen LogP contribution in [0.4, 0.5) is 0 Å². The Morgan fingerprint density at radius 2 is 2.05 bits per heavy atom. The molecule has 2 rings (SSSR count). The van der Waals surface area contributed by atoms with E-state index in [1.807, 2.05) is 0 Å². The molecule has 1 aliphatic rings. The number of ether oxygens (including phenoxy) is 1. The van der Waals surface area contributed by atoms with Gasteiger partial charge in [-0.05, 0) is 24.3 Å². The van der Waals surface area contributed by atoms with E-state index in [9.17, 15) is 14.4 Å². The summed E-state index contributed by atoms with van der Waals surface area (Å²) < 4.78 is 5.15. The Kier molecular flexibility index (Phi) is 4.92. The van der Waals surface area contributed by atoms with Gasteiger partial charge in [-0.3, -0.25) is 9.59 Å². The molecule has 1 aromatic heterocycles. The van der Waals surface area contributed by atoms with E-state index in [1.165, 1.54) is 11.3 Å². The second-order valence-corrected chi connectivity index (χ2v) is 5.68. The summed E-state index contributed by atoms with van der Waals surface area (Å²) in [6, 6.07) is 2.88. The zero-order valence-corrected chi connectivity index (χ0v) is 11.8. The Bertz CT molecular complexity index is 529. The van der Waals surface area contributed by atoms with Gasteiger partial charge >= 0.3 is 11.9 Å². The predicted molar refractivity (Wildman–Crippen MR) is 73.0 cm³/mol. The maximum atomic E-state index is 12.1. The molecule has 0 aromatic carbocycles. The van der Waals surface area contributed by atoms with Gasteiger partial charge in [-0.1, -0.05) is 6.07 Å².